The quantitative estimate of drug-likeness (QED) is 0.588. The van der Waals surface area contributed by atoms with Crippen molar-refractivity contribution >= 4 is 17.6 Å². The van der Waals surface area contributed by atoms with Crippen LogP contribution in [0.1, 0.15) is 63.5 Å². The van der Waals surface area contributed by atoms with E-state index < -0.39 is 0 Å². The Morgan fingerprint density at radius 3 is 2.60 bits per heavy atom. The molecule has 0 aromatic carbocycles. The first-order chi connectivity index (χ1) is 9.24. The SMILES string of the molecule is CCCC(C)COC(=O)c1cc(Cl)nc(C(C)(C)C)c1. The van der Waals surface area contributed by atoms with Gasteiger partial charge in [-0.25, -0.2) is 9.78 Å². The van der Waals surface area contributed by atoms with Crippen molar-refractivity contribution in [3.8, 4) is 0 Å². The number of carbonyl (C=O) groups excluding carboxylic acids is 1. The van der Waals surface area contributed by atoms with Crippen LogP contribution in [0.5, 0.6) is 0 Å². The van der Waals surface area contributed by atoms with Crippen molar-refractivity contribution in [2.24, 2.45) is 5.92 Å². The number of hydrogen-bond donors (Lipinski definition) is 0. The number of halogens is 1. The van der Waals surface area contributed by atoms with Crippen molar-refractivity contribution in [2.75, 3.05) is 6.61 Å². The number of ether oxygens (including phenoxy) is 1. The topological polar surface area (TPSA) is 39.2 Å². The average Bonchev–Trinajstić information content (AvgIpc) is 2.34. The molecule has 0 amide bonds. The van der Waals surface area contributed by atoms with Crippen LogP contribution in [-0.2, 0) is 10.2 Å². The van der Waals surface area contributed by atoms with E-state index in [1.165, 1.54) is 0 Å². The molecule has 1 aromatic heterocycles. The number of nitrogens with zero attached hydrogens (tertiary/aromatic N) is 1. The summed E-state index contributed by atoms with van der Waals surface area (Å²) in [5.74, 6) is 0.0473. The van der Waals surface area contributed by atoms with Gasteiger partial charge in [0.1, 0.15) is 5.15 Å². The first-order valence-electron chi connectivity index (χ1n) is 7.09. The summed E-state index contributed by atoms with van der Waals surface area (Å²) in [5, 5.41) is 0.325. The molecule has 0 fully saturated rings. The summed E-state index contributed by atoms with van der Waals surface area (Å²) in [4.78, 5) is 16.3. The third-order valence-corrected chi connectivity index (χ3v) is 3.27. The molecular weight excluding hydrogens is 274 g/mol. The Balaban J connectivity index is 2.81. The lowest BCUT2D eigenvalue weighted by atomic mass is 9.91. The van der Waals surface area contributed by atoms with E-state index in [0.29, 0.717) is 23.2 Å². The fraction of sp³-hybridized carbons (Fsp3) is 0.625. The molecule has 0 saturated carbocycles. The highest BCUT2D eigenvalue weighted by molar-refractivity contribution is 6.29. The molecule has 0 aliphatic carbocycles. The van der Waals surface area contributed by atoms with E-state index in [2.05, 4.69) is 18.8 Å². The van der Waals surface area contributed by atoms with Crippen molar-refractivity contribution in [1.82, 2.24) is 4.98 Å². The minimum absolute atomic E-state index is 0.157. The molecule has 0 spiro atoms. The van der Waals surface area contributed by atoms with Crippen molar-refractivity contribution in [2.45, 2.75) is 52.9 Å². The molecule has 0 saturated heterocycles. The number of carbonyl (C=O) groups is 1. The van der Waals surface area contributed by atoms with Crippen LogP contribution in [0.2, 0.25) is 5.15 Å². The van der Waals surface area contributed by atoms with Gasteiger partial charge in [-0.3, -0.25) is 0 Å². The molecule has 1 unspecified atom stereocenters. The molecule has 4 heteroatoms. The zero-order valence-corrected chi connectivity index (χ0v) is 13.8. The average molecular weight is 298 g/mol. The van der Waals surface area contributed by atoms with Crippen molar-refractivity contribution in [1.29, 1.82) is 0 Å². The van der Waals surface area contributed by atoms with E-state index >= 15 is 0 Å². The Morgan fingerprint density at radius 1 is 1.40 bits per heavy atom. The maximum atomic E-state index is 12.1. The van der Waals surface area contributed by atoms with Gasteiger partial charge in [0.25, 0.3) is 0 Å². The van der Waals surface area contributed by atoms with Crippen LogP contribution in [0.25, 0.3) is 0 Å². The Morgan fingerprint density at radius 2 is 2.05 bits per heavy atom. The smallest absolute Gasteiger partial charge is 0.338 e. The first-order valence-corrected chi connectivity index (χ1v) is 7.47. The molecule has 1 heterocycles. The maximum Gasteiger partial charge on any atom is 0.338 e. The van der Waals surface area contributed by atoms with Crippen LogP contribution in [0.4, 0.5) is 0 Å². The van der Waals surface area contributed by atoms with Crippen LogP contribution in [0, 0.1) is 5.92 Å². The van der Waals surface area contributed by atoms with Crippen LogP contribution in [0.3, 0.4) is 0 Å². The molecule has 0 N–H and O–H groups in total. The van der Waals surface area contributed by atoms with Gasteiger partial charge in [-0.05, 0) is 24.5 Å². The monoisotopic (exact) mass is 297 g/mol. The zero-order chi connectivity index (χ0) is 15.3. The number of rotatable bonds is 5. The highest BCUT2D eigenvalue weighted by Crippen LogP contribution is 2.23. The van der Waals surface area contributed by atoms with Crippen molar-refractivity contribution in [3.05, 3.63) is 28.5 Å². The highest BCUT2D eigenvalue weighted by atomic mass is 35.5. The number of hydrogen-bond acceptors (Lipinski definition) is 3. The first kappa shape index (κ1) is 17.0. The molecule has 1 rings (SSSR count). The van der Waals surface area contributed by atoms with Gasteiger partial charge >= 0.3 is 5.97 Å². The van der Waals surface area contributed by atoms with E-state index in [0.717, 1.165) is 18.5 Å². The van der Waals surface area contributed by atoms with Gasteiger partial charge in [0, 0.05) is 11.1 Å². The molecule has 0 aliphatic heterocycles. The lowest BCUT2D eigenvalue weighted by molar-refractivity contribution is 0.0443. The zero-order valence-electron chi connectivity index (χ0n) is 13.0. The second-order valence-electron chi connectivity index (χ2n) is 6.31. The molecule has 0 radical (unpaired) electrons. The number of pyridine rings is 1. The molecule has 0 aliphatic rings. The van der Waals surface area contributed by atoms with Gasteiger partial charge in [-0.15, -0.1) is 0 Å². The van der Waals surface area contributed by atoms with E-state index in [-0.39, 0.29) is 11.4 Å². The summed E-state index contributed by atoms with van der Waals surface area (Å²) in [6.45, 7) is 10.7. The summed E-state index contributed by atoms with van der Waals surface area (Å²) in [7, 11) is 0. The normalized spacial score (nSPS) is 13.1. The predicted molar refractivity (Wildman–Crippen MR) is 82.3 cm³/mol. The fourth-order valence-corrected chi connectivity index (χ4v) is 2.08. The third kappa shape index (κ3) is 5.12. The van der Waals surface area contributed by atoms with Crippen LogP contribution in [0.15, 0.2) is 12.1 Å². The lowest BCUT2D eigenvalue weighted by Gasteiger charge is -2.19. The second-order valence-corrected chi connectivity index (χ2v) is 6.69. The fourth-order valence-electron chi connectivity index (χ4n) is 1.88. The molecule has 20 heavy (non-hydrogen) atoms. The highest BCUT2D eigenvalue weighted by Gasteiger charge is 2.19. The standard InChI is InChI=1S/C16H24ClNO2/c1-6-7-11(2)10-20-15(19)12-8-13(16(3,4)5)18-14(17)9-12/h8-9,11H,6-7,10H2,1-5H3. The van der Waals surface area contributed by atoms with E-state index in [1.54, 1.807) is 12.1 Å². The van der Waals surface area contributed by atoms with E-state index in [1.807, 2.05) is 20.8 Å². The Hall–Kier alpha value is -1.09. The third-order valence-electron chi connectivity index (χ3n) is 3.08. The molecule has 1 atom stereocenters. The van der Waals surface area contributed by atoms with Gasteiger partial charge in [0.2, 0.25) is 0 Å². The largest absolute Gasteiger partial charge is 0.462 e. The molecule has 112 valence electrons. The molecule has 3 nitrogen and oxygen atoms in total. The Bertz CT molecular complexity index is 466. The number of aromatic nitrogens is 1. The minimum Gasteiger partial charge on any atom is -0.462 e. The predicted octanol–water partition coefficient (Wildman–Crippen LogP) is 4.63. The van der Waals surface area contributed by atoms with Crippen LogP contribution < -0.4 is 0 Å². The maximum absolute atomic E-state index is 12.1. The van der Waals surface area contributed by atoms with Crippen molar-refractivity contribution in [3.63, 3.8) is 0 Å². The van der Waals surface area contributed by atoms with Gasteiger partial charge < -0.3 is 4.74 Å². The van der Waals surface area contributed by atoms with Gasteiger partial charge in [0.15, 0.2) is 0 Å². The van der Waals surface area contributed by atoms with Gasteiger partial charge in [-0.2, -0.15) is 0 Å². The van der Waals surface area contributed by atoms with E-state index in [4.69, 9.17) is 16.3 Å². The molecule has 0 bridgehead atoms. The van der Waals surface area contributed by atoms with Crippen molar-refractivity contribution < 1.29 is 9.53 Å². The summed E-state index contributed by atoms with van der Waals surface area (Å²) >= 11 is 5.99. The summed E-state index contributed by atoms with van der Waals surface area (Å²) < 4.78 is 5.34. The van der Waals surface area contributed by atoms with E-state index in [9.17, 15) is 4.79 Å². The second kappa shape index (κ2) is 7.07. The van der Waals surface area contributed by atoms with Crippen LogP contribution >= 0.6 is 11.6 Å². The Kier molecular flexibility index (Phi) is 6.00. The summed E-state index contributed by atoms with van der Waals surface area (Å²) in [6, 6.07) is 3.32. The Labute approximate surface area is 126 Å². The van der Waals surface area contributed by atoms with Gasteiger partial charge in [0.05, 0.1) is 12.2 Å². The number of esters is 1. The molecular formula is C16H24ClNO2. The summed E-state index contributed by atoms with van der Waals surface area (Å²) in [6.07, 6.45) is 2.14. The lowest BCUT2D eigenvalue weighted by Crippen LogP contribution is -2.17. The van der Waals surface area contributed by atoms with Gasteiger partial charge in [-0.1, -0.05) is 52.6 Å². The minimum atomic E-state index is -0.331. The molecule has 1 aromatic rings. The van der Waals surface area contributed by atoms with Crippen LogP contribution in [-0.4, -0.2) is 17.6 Å². The summed E-state index contributed by atoms with van der Waals surface area (Å²) in [5.41, 5.74) is 1.10.